The van der Waals surface area contributed by atoms with Crippen molar-refractivity contribution in [2.45, 2.75) is 19.1 Å². The van der Waals surface area contributed by atoms with E-state index < -0.39 is 14.3 Å². The van der Waals surface area contributed by atoms with Crippen LogP contribution in [0.5, 0.6) is 0 Å². The molecule has 1 atom stereocenters. The average Bonchev–Trinajstić information content (AvgIpc) is 2.63. The molecule has 0 amide bonds. The van der Waals surface area contributed by atoms with Crippen LogP contribution in [-0.4, -0.2) is 27.1 Å². The van der Waals surface area contributed by atoms with Gasteiger partial charge in [0.1, 0.15) is 5.73 Å². The first-order chi connectivity index (χ1) is 11.2. The summed E-state index contributed by atoms with van der Waals surface area (Å²) in [5.41, 5.74) is -0.331. The maximum atomic E-state index is 11.8. The molecule has 0 aliphatic rings. The zero-order valence-electron chi connectivity index (χ0n) is 13.6. The summed E-state index contributed by atoms with van der Waals surface area (Å²) in [4.78, 5) is 11.8. The largest absolute Gasteiger partial charge is 0.459 e. The van der Waals surface area contributed by atoms with Crippen LogP contribution in [-0.2, 0) is 14.0 Å². The van der Waals surface area contributed by atoms with E-state index in [2.05, 4.69) is 6.58 Å². The number of benzene rings is 2. The molecule has 0 saturated carbocycles. The van der Waals surface area contributed by atoms with Gasteiger partial charge < -0.3 is 9.16 Å². The van der Waals surface area contributed by atoms with Crippen LogP contribution in [0.4, 0.5) is 0 Å². The van der Waals surface area contributed by atoms with Crippen LogP contribution in [0, 0.1) is 0 Å². The van der Waals surface area contributed by atoms with Crippen molar-refractivity contribution in [3.05, 3.63) is 73.3 Å². The molecule has 1 unspecified atom stereocenters. The van der Waals surface area contributed by atoms with Crippen LogP contribution in [0.25, 0.3) is 0 Å². The smallest absolute Gasteiger partial charge is 0.330 e. The van der Waals surface area contributed by atoms with E-state index in [4.69, 9.17) is 9.16 Å². The predicted octanol–water partition coefficient (Wildman–Crippen LogP) is 2.44. The number of esters is 1. The highest BCUT2D eigenvalue weighted by Crippen LogP contribution is 2.18. The molecule has 0 aliphatic carbocycles. The van der Waals surface area contributed by atoms with Crippen LogP contribution in [0.2, 0.25) is 0 Å². The van der Waals surface area contributed by atoms with Gasteiger partial charge in [-0.1, -0.05) is 74.2 Å². The number of hydrogen-bond donors (Lipinski definition) is 0. The summed E-state index contributed by atoms with van der Waals surface area (Å²) in [6.45, 7) is 5.51. The molecule has 0 heterocycles. The third-order valence-corrected chi connectivity index (χ3v) is 8.44. The third-order valence-electron chi connectivity index (χ3n) is 3.98. The molecule has 0 aliphatic heterocycles. The summed E-state index contributed by atoms with van der Waals surface area (Å²) < 4.78 is 11.8. The van der Waals surface area contributed by atoms with Gasteiger partial charge in [-0.05, 0) is 16.8 Å². The highest BCUT2D eigenvalue weighted by molar-refractivity contribution is 6.98. The zero-order chi connectivity index (χ0) is 16.7. The monoisotopic (exact) mass is 326 g/mol. The van der Waals surface area contributed by atoms with Gasteiger partial charge in [-0.25, -0.2) is 4.79 Å². The normalized spacial score (nSPS) is 12.4. The van der Waals surface area contributed by atoms with Crippen molar-refractivity contribution in [2.24, 2.45) is 0 Å². The summed E-state index contributed by atoms with van der Waals surface area (Å²) in [5, 5.41) is 2.16. The Morgan fingerprint density at radius 3 is 1.91 bits per heavy atom. The Morgan fingerprint density at radius 1 is 1.09 bits per heavy atom. The minimum Gasteiger partial charge on any atom is -0.459 e. The molecule has 0 saturated heterocycles. The summed E-state index contributed by atoms with van der Waals surface area (Å²) in [5.74, 6) is -0.419. The quantitative estimate of drug-likeness (QED) is 0.445. The average molecular weight is 326 g/mol. The van der Waals surface area contributed by atoms with Crippen molar-refractivity contribution in [2.75, 3.05) is 7.11 Å². The standard InChI is InChI=1S/C19H22O3Si/c1-4-18(20)22-19(5-2)23(21-3,16-12-8-6-9-13-16)17-14-10-7-11-15-17/h4,6-15,19H,1,5H2,2-3H3. The van der Waals surface area contributed by atoms with Gasteiger partial charge in [0.2, 0.25) is 0 Å². The predicted molar refractivity (Wildman–Crippen MR) is 95.3 cm³/mol. The van der Waals surface area contributed by atoms with Gasteiger partial charge >= 0.3 is 5.97 Å². The Labute approximate surface area is 138 Å². The second-order valence-corrected chi connectivity index (χ2v) is 8.89. The molecule has 0 N–H and O–H groups in total. The molecule has 3 nitrogen and oxygen atoms in total. The summed E-state index contributed by atoms with van der Waals surface area (Å²) >= 11 is 0. The van der Waals surface area contributed by atoms with E-state index in [-0.39, 0.29) is 5.73 Å². The molecular formula is C19H22O3Si. The Balaban J connectivity index is 2.62. The maximum Gasteiger partial charge on any atom is 0.330 e. The number of ether oxygens (including phenoxy) is 1. The minimum atomic E-state index is -2.72. The van der Waals surface area contributed by atoms with Gasteiger partial charge in [-0.3, -0.25) is 0 Å². The molecule has 2 aromatic carbocycles. The van der Waals surface area contributed by atoms with Crippen molar-refractivity contribution in [1.29, 1.82) is 0 Å². The third kappa shape index (κ3) is 3.44. The molecule has 0 fully saturated rings. The zero-order valence-corrected chi connectivity index (χ0v) is 14.6. The van der Waals surface area contributed by atoms with Crippen LogP contribution in [0.3, 0.4) is 0 Å². The van der Waals surface area contributed by atoms with Gasteiger partial charge in [0.25, 0.3) is 8.32 Å². The molecule has 2 rings (SSSR count). The molecule has 0 aromatic heterocycles. The van der Waals surface area contributed by atoms with E-state index in [1.807, 2.05) is 67.6 Å². The van der Waals surface area contributed by atoms with Crippen molar-refractivity contribution < 1.29 is 14.0 Å². The molecule has 0 spiro atoms. The lowest BCUT2D eigenvalue weighted by atomic mass is 10.4. The molecule has 0 radical (unpaired) electrons. The molecule has 4 heteroatoms. The highest BCUT2D eigenvalue weighted by Gasteiger charge is 2.48. The lowest BCUT2D eigenvalue weighted by Gasteiger charge is -2.36. The topological polar surface area (TPSA) is 35.5 Å². The summed E-state index contributed by atoms with van der Waals surface area (Å²) in [6.07, 6.45) is 1.87. The minimum absolute atomic E-state index is 0.331. The van der Waals surface area contributed by atoms with Gasteiger partial charge in [-0.15, -0.1) is 0 Å². The van der Waals surface area contributed by atoms with E-state index in [0.717, 1.165) is 10.4 Å². The number of carbonyl (C=O) groups is 1. The molecule has 23 heavy (non-hydrogen) atoms. The van der Waals surface area contributed by atoms with E-state index in [9.17, 15) is 4.79 Å². The molecule has 0 bridgehead atoms. The van der Waals surface area contributed by atoms with E-state index in [1.165, 1.54) is 6.08 Å². The van der Waals surface area contributed by atoms with Crippen LogP contribution in [0.15, 0.2) is 73.3 Å². The lowest BCUT2D eigenvalue weighted by Crippen LogP contribution is -2.69. The van der Waals surface area contributed by atoms with Gasteiger partial charge in [-0.2, -0.15) is 0 Å². The molecular weight excluding hydrogens is 304 g/mol. The van der Waals surface area contributed by atoms with E-state index in [0.29, 0.717) is 6.42 Å². The Bertz CT molecular complexity index is 601. The first kappa shape index (κ1) is 17.2. The maximum absolute atomic E-state index is 11.8. The number of hydrogen-bond acceptors (Lipinski definition) is 3. The fraction of sp³-hybridized carbons (Fsp3) is 0.211. The Morgan fingerprint density at radius 2 is 1.57 bits per heavy atom. The fourth-order valence-electron chi connectivity index (χ4n) is 2.92. The Hall–Kier alpha value is -2.17. The molecule has 2 aromatic rings. The first-order valence-corrected chi connectivity index (χ1v) is 9.66. The van der Waals surface area contributed by atoms with Crippen molar-refractivity contribution in [1.82, 2.24) is 0 Å². The highest BCUT2D eigenvalue weighted by atomic mass is 28.4. The first-order valence-electron chi connectivity index (χ1n) is 7.68. The van der Waals surface area contributed by atoms with E-state index >= 15 is 0 Å². The van der Waals surface area contributed by atoms with Crippen molar-refractivity contribution >= 4 is 24.7 Å². The van der Waals surface area contributed by atoms with Crippen LogP contribution >= 0.6 is 0 Å². The fourth-order valence-corrected chi connectivity index (χ4v) is 6.96. The van der Waals surface area contributed by atoms with E-state index in [1.54, 1.807) is 7.11 Å². The second kappa shape index (κ2) is 7.90. The van der Waals surface area contributed by atoms with Crippen LogP contribution in [0.1, 0.15) is 13.3 Å². The van der Waals surface area contributed by atoms with Crippen LogP contribution < -0.4 is 10.4 Å². The number of carbonyl (C=O) groups excluding carboxylic acids is 1. The summed E-state index contributed by atoms with van der Waals surface area (Å²) in [7, 11) is -1.02. The molecule has 120 valence electrons. The Kier molecular flexibility index (Phi) is 5.90. The lowest BCUT2D eigenvalue weighted by molar-refractivity contribution is -0.140. The second-order valence-electron chi connectivity index (χ2n) is 5.21. The number of rotatable bonds is 7. The van der Waals surface area contributed by atoms with Crippen molar-refractivity contribution in [3.8, 4) is 0 Å². The van der Waals surface area contributed by atoms with Gasteiger partial charge in [0.05, 0.1) is 0 Å². The summed E-state index contributed by atoms with van der Waals surface area (Å²) in [6, 6.07) is 20.1. The van der Waals surface area contributed by atoms with Crippen molar-refractivity contribution in [3.63, 3.8) is 0 Å². The van der Waals surface area contributed by atoms with Gasteiger partial charge in [0.15, 0.2) is 0 Å². The SMILES string of the molecule is C=CC(=O)OC(CC)[Si](OC)(c1ccccc1)c1ccccc1. The van der Waals surface area contributed by atoms with Gasteiger partial charge in [0, 0.05) is 13.2 Å².